The molecule has 0 aliphatic rings. The van der Waals surface area contributed by atoms with Crippen LogP contribution in [0.2, 0.25) is 0 Å². The molecule has 0 aromatic heterocycles. The summed E-state index contributed by atoms with van der Waals surface area (Å²) in [6.07, 6.45) is -15.0. The van der Waals surface area contributed by atoms with Crippen molar-refractivity contribution in [2.24, 2.45) is 0 Å². The molecule has 122 valence electrons. The molecule has 3 nitrogen and oxygen atoms in total. The van der Waals surface area contributed by atoms with Crippen LogP contribution in [0.5, 0.6) is 0 Å². The Balaban J connectivity index is 0. The first-order valence-corrected chi connectivity index (χ1v) is 5.19. The van der Waals surface area contributed by atoms with Crippen molar-refractivity contribution in [3.8, 4) is 0 Å². The average molecular weight is 372 g/mol. The van der Waals surface area contributed by atoms with Crippen molar-refractivity contribution in [3.63, 3.8) is 0 Å². The minimum absolute atomic E-state index is 0. The Kier molecular flexibility index (Phi) is 6.30. The second-order valence-corrected chi connectivity index (χ2v) is 4.66. The largest absolute Gasteiger partial charge is 1.00 e. The third-order valence-electron chi connectivity index (χ3n) is 1.86. The molecule has 0 saturated heterocycles. The van der Waals surface area contributed by atoms with E-state index in [2.05, 4.69) is 0 Å². The van der Waals surface area contributed by atoms with Crippen LogP contribution in [0.25, 0.3) is 0 Å². The molecule has 0 radical (unpaired) electrons. The van der Waals surface area contributed by atoms with Crippen LogP contribution in [0.4, 0.5) is 48.3 Å². The molecule has 1 atom stereocenters. The molecule has 0 aliphatic heterocycles. The molecule has 0 spiro atoms. The molecular weight excluding hydrogens is 372 g/mol. The number of hydrogen-bond acceptors (Lipinski definition) is 3. The smallest absolute Gasteiger partial charge is 0.745 e. The van der Waals surface area contributed by atoms with E-state index in [4.69, 9.17) is 0 Å². The summed E-state index contributed by atoms with van der Waals surface area (Å²) in [4.78, 5) is 0. The van der Waals surface area contributed by atoms with Crippen LogP contribution in [0.3, 0.4) is 0 Å². The van der Waals surface area contributed by atoms with Crippen molar-refractivity contribution >= 4 is 10.1 Å². The van der Waals surface area contributed by atoms with Crippen LogP contribution in [0, 0.1) is 0 Å². The summed E-state index contributed by atoms with van der Waals surface area (Å²) >= 11 is 0. The molecule has 0 amide bonds. The van der Waals surface area contributed by atoms with E-state index >= 15 is 0 Å². The quantitative estimate of drug-likeness (QED) is 0.385. The molecule has 0 rings (SSSR count). The molecule has 0 saturated carbocycles. The van der Waals surface area contributed by atoms with Crippen LogP contribution >= 0.6 is 0 Å². The normalized spacial score (nSPS) is 17.9. The van der Waals surface area contributed by atoms with E-state index in [-0.39, 0.29) is 29.6 Å². The van der Waals surface area contributed by atoms with E-state index in [1.807, 2.05) is 0 Å². The molecule has 0 aliphatic carbocycles. The summed E-state index contributed by atoms with van der Waals surface area (Å²) < 4.78 is 163. The third kappa shape index (κ3) is 3.25. The topological polar surface area (TPSA) is 57.2 Å². The monoisotopic (exact) mass is 372 g/mol. The van der Waals surface area contributed by atoms with Gasteiger partial charge in [0.05, 0.1) is 0 Å². The van der Waals surface area contributed by atoms with E-state index in [1.165, 1.54) is 0 Å². The predicted octanol–water partition coefficient (Wildman–Crippen LogP) is -0.403. The summed E-state index contributed by atoms with van der Waals surface area (Å²) in [5, 5.41) is -7.67. The van der Waals surface area contributed by atoms with Crippen molar-refractivity contribution in [1.29, 1.82) is 0 Å². The second-order valence-electron chi connectivity index (χ2n) is 3.19. The van der Waals surface area contributed by atoms with Gasteiger partial charge in [-0.25, -0.2) is 12.8 Å². The van der Waals surface area contributed by atoms with Gasteiger partial charge in [-0.15, -0.1) is 0 Å². The first kappa shape index (κ1) is 23.4. The standard InChI is InChI=1S/C5HF11O3S.Na/c6-1(7,2(8,9)4(11,12)13)3(10,5(14,15)16)20(17,18)19;/h(H,17,18,19);/q;+1/p-1. The maximum atomic E-state index is 12.9. The molecule has 0 bridgehead atoms. The third-order valence-corrected chi connectivity index (χ3v) is 3.04. The van der Waals surface area contributed by atoms with Gasteiger partial charge < -0.3 is 4.55 Å². The molecule has 0 fully saturated rings. The van der Waals surface area contributed by atoms with Crippen molar-refractivity contribution in [1.82, 2.24) is 0 Å². The fraction of sp³-hybridized carbons (Fsp3) is 1.00. The number of halogens is 11. The van der Waals surface area contributed by atoms with E-state index in [0.29, 0.717) is 0 Å². The van der Waals surface area contributed by atoms with Gasteiger partial charge in [-0.05, 0) is 0 Å². The summed E-state index contributed by atoms with van der Waals surface area (Å²) in [6.45, 7) is 0. The van der Waals surface area contributed by atoms with Crippen LogP contribution in [-0.4, -0.2) is 42.2 Å². The maximum absolute atomic E-state index is 12.9. The molecular formula is C5F11NaO3S. The Morgan fingerprint density at radius 3 is 1.05 bits per heavy atom. The zero-order valence-corrected chi connectivity index (χ0v) is 12.1. The fourth-order valence-corrected chi connectivity index (χ4v) is 1.58. The van der Waals surface area contributed by atoms with Crippen LogP contribution in [0.15, 0.2) is 0 Å². The van der Waals surface area contributed by atoms with E-state index in [0.717, 1.165) is 0 Å². The van der Waals surface area contributed by atoms with Gasteiger partial charge in [0.2, 0.25) is 0 Å². The Morgan fingerprint density at radius 1 is 0.619 bits per heavy atom. The predicted molar refractivity (Wildman–Crippen MR) is 35.5 cm³/mol. The van der Waals surface area contributed by atoms with E-state index in [1.54, 1.807) is 0 Å². The van der Waals surface area contributed by atoms with Gasteiger partial charge in [-0.1, -0.05) is 0 Å². The van der Waals surface area contributed by atoms with E-state index in [9.17, 15) is 61.3 Å². The molecule has 0 aromatic rings. The minimum Gasteiger partial charge on any atom is -0.745 e. The van der Waals surface area contributed by atoms with Crippen LogP contribution in [-0.2, 0) is 10.1 Å². The zero-order valence-electron chi connectivity index (χ0n) is 9.29. The molecule has 16 heteroatoms. The van der Waals surface area contributed by atoms with Crippen molar-refractivity contribution < 1.29 is 90.8 Å². The summed E-state index contributed by atoms with van der Waals surface area (Å²) in [7, 11) is -7.99. The van der Waals surface area contributed by atoms with Gasteiger partial charge in [0, 0.05) is 0 Å². The Labute approximate surface area is 130 Å². The number of hydrogen-bond donors (Lipinski definition) is 0. The van der Waals surface area contributed by atoms with Crippen LogP contribution < -0.4 is 29.6 Å². The summed E-state index contributed by atoms with van der Waals surface area (Å²) in [5.41, 5.74) is 0. The Hall–Kier alpha value is 0.140. The van der Waals surface area contributed by atoms with Gasteiger partial charge in [0.1, 0.15) is 10.1 Å². The van der Waals surface area contributed by atoms with Gasteiger partial charge in [-0.2, -0.15) is 43.9 Å². The molecule has 1 unspecified atom stereocenters. The fourth-order valence-electron chi connectivity index (χ4n) is 0.857. The molecule has 21 heavy (non-hydrogen) atoms. The summed E-state index contributed by atoms with van der Waals surface area (Å²) in [5.74, 6) is -15.7. The van der Waals surface area contributed by atoms with Crippen LogP contribution in [0.1, 0.15) is 0 Å². The Bertz CT molecular complexity index is 479. The molecule has 0 aromatic carbocycles. The number of rotatable bonds is 3. The van der Waals surface area contributed by atoms with Gasteiger partial charge >= 0.3 is 58.8 Å². The van der Waals surface area contributed by atoms with E-state index < -0.39 is 39.3 Å². The molecule has 0 N–H and O–H groups in total. The first-order chi connectivity index (χ1) is 8.25. The SMILES string of the molecule is O=S(=O)([O-])C(F)(C(F)(F)F)C(F)(F)C(F)(F)C(F)(F)F.[Na+]. The van der Waals surface area contributed by atoms with Crippen molar-refractivity contribution in [2.75, 3.05) is 0 Å². The van der Waals surface area contributed by atoms with Gasteiger partial charge in [0.15, 0.2) is 0 Å². The van der Waals surface area contributed by atoms with Gasteiger partial charge in [-0.3, -0.25) is 0 Å². The minimum atomic E-state index is -7.99. The average Bonchev–Trinajstić information content (AvgIpc) is 2.10. The van der Waals surface area contributed by atoms with Crippen molar-refractivity contribution in [2.45, 2.75) is 29.2 Å². The molecule has 0 heterocycles. The van der Waals surface area contributed by atoms with Crippen molar-refractivity contribution in [3.05, 3.63) is 0 Å². The summed E-state index contributed by atoms with van der Waals surface area (Å²) in [6, 6.07) is 0. The second kappa shape index (κ2) is 5.65. The zero-order chi connectivity index (χ0) is 17.0. The Morgan fingerprint density at radius 2 is 0.905 bits per heavy atom. The first-order valence-electron chi connectivity index (χ1n) is 3.78. The van der Waals surface area contributed by atoms with Gasteiger partial charge in [0.25, 0.3) is 0 Å². The number of alkyl halides is 11. The maximum Gasteiger partial charge on any atom is 1.00 e.